The lowest BCUT2D eigenvalue weighted by molar-refractivity contribution is 0.156. The monoisotopic (exact) mass is 189 g/mol. The van der Waals surface area contributed by atoms with Gasteiger partial charge in [-0.05, 0) is 46.6 Å². The third-order valence-corrected chi connectivity index (χ3v) is 3.45. The summed E-state index contributed by atoms with van der Waals surface area (Å²) in [6.45, 7) is 4.51. The molecule has 1 rings (SSSR count). The molecule has 0 atom stereocenters. The second-order valence-corrected chi connectivity index (χ2v) is 4.78. The summed E-state index contributed by atoms with van der Waals surface area (Å²) in [5, 5.41) is 0.446. The molecule has 1 aliphatic carbocycles. The quantitative estimate of drug-likeness (QED) is 0.604. The van der Waals surface area contributed by atoms with Crippen molar-refractivity contribution in [2.24, 2.45) is 0 Å². The molecule has 1 fully saturated rings. The molecule has 0 N–H and O–H groups in total. The van der Waals surface area contributed by atoms with Gasteiger partial charge in [0.1, 0.15) is 0 Å². The van der Waals surface area contributed by atoms with Gasteiger partial charge in [-0.1, -0.05) is 0 Å². The van der Waals surface area contributed by atoms with E-state index in [1.807, 2.05) is 0 Å². The molecule has 1 saturated carbocycles. The average Bonchev–Trinajstić information content (AvgIpc) is 2.04. The molecule has 0 amide bonds. The van der Waals surface area contributed by atoms with Gasteiger partial charge < -0.3 is 4.90 Å². The highest BCUT2D eigenvalue weighted by Crippen LogP contribution is 2.26. The lowest BCUT2D eigenvalue weighted by atomic mass is 9.93. The van der Waals surface area contributed by atoms with Gasteiger partial charge in [0.05, 0.1) is 0 Å². The van der Waals surface area contributed by atoms with E-state index in [4.69, 9.17) is 11.6 Å². The molecule has 0 heterocycles. The fourth-order valence-electron chi connectivity index (χ4n) is 1.86. The van der Waals surface area contributed by atoms with Crippen molar-refractivity contribution in [1.82, 2.24) is 4.90 Å². The van der Waals surface area contributed by atoms with E-state index in [0.29, 0.717) is 11.4 Å². The van der Waals surface area contributed by atoms with Gasteiger partial charge in [-0.15, -0.1) is 11.6 Å². The summed E-state index contributed by atoms with van der Waals surface area (Å²) in [4.78, 5) is 2.47. The van der Waals surface area contributed by atoms with Crippen LogP contribution in [0.1, 0.15) is 39.5 Å². The Morgan fingerprint density at radius 3 is 2.08 bits per heavy atom. The molecule has 0 spiro atoms. The molecular formula is C10H20ClN. The van der Waals surface area contributed by atoms with Crippen LogP contribution >= 0.6 is 11.6 Å². The largest absolute Gasteiger partial charge is 0.301 e. The van der Waals surface area contributed by atoms with Crippen LogP contribution in [0, 0.1) is 0 Å². The van der Waals surface area contributed by atoms with Crippen LogP contribution in [0.5, 0.6) is 0 Å². The summed E-state index contributed by atoms with van der Waals surface area (Å²) in [6, 6.07) is 1.45. The average molecular weight is 190 g/mol. The summed E-state index contributed by atoms with van der Waals surface area (Å²) in [7, 11) is 2.23. The standard InChI is InChI=1S/C10H20ClN/c1-8(2)12(3)10-6-4-9(11)5-7-10/h8-10H,4-7H2,1-3H3. The highest BCUT2D eigenvalue weighted by atomic mass is 35.5. The van der Waals surface area contributed by atoms with Crippen molar-refractivity contribution in [2.75, 3.05) is 7.05 Å². The zero-order valence-corrected chi connectivity index (χ0v) is 9.14. The maximum absolute atomic E-state index is 6.05. The minimum atomic E-state index is 0.446. The van der Waals surface area contributed by atoms with Crippen molar-refractivity contribution in [3.8, 4) is 0 Å². The lowest BCUT2D eigenvalue weighted by Crippen LogP contribution is -2.39. The van der Waals surface area contributed by atoms with E-state index in [1.54, 1.807) is 0 Å². The minimum Gasteiger partial charge on any atom is -0.301 e. The smallest absolute Gasteiger partial charge is 0.0337 e. The molecule has 0 bridgehead atoms. The fourth-order valence-corrected chi connectivity index (χ4v) is 2.12. The molecule has 12 heavy (non-hydrogen) atoms. The first-order valence-corrected chi connectivity index (χ1v) is 5.41. The zero-order chi connectivity index (χ0) is 9.14. The van der Waals surface area contributed by atoms with Crippen molar-refractivity contribution in [3.05, 3.63) is 0 Å². The van der Waals surface area contributed by atoms with Crippen LogP contribution in [0.4, 0.5) is 0 Å². The first-order valence-electron chi connectivity index (χ1n) is 4.97. The Bertz CT molecular complexity index is 128. The van der Waals surface area contributed by atoms with E-state index in [2.05, 4.69) is 25.8 Å². The summed E-state index contributed by atoms with van der Waals surface area (Å²) < 4.78 is 0. The number of alkyl halides is 1. The van der Waals surface area contributed by atoms with Crippen LogP contribution in [-0.4, -0.2) is 29.4 Å². The molecule has 0 aromatic rings. The molecule has 0 unspecified atom stereocenters. The maximum atomic E-state index is 6.05. The van der Waals surface area contributed by atoms with Crippen LogP contribution in [0.15, 0.2) is 0 Å². The summed E-state index contributed by atoms with van der Waals surface area (Å²) in [6.07, 6.45) is 4.96. The van der Waals surface area contributed by atoms with Gasteiger partial charge in [0.15, 0.2) is 0 Å². The first-order chi connectivity index (χ1) is 5.61. The van der Waals surface area contributed by atoms with Crippen molar-refractivity contribution in [1.29, 1.82) is 0 Å². The Labute approximate surface area is 81.1 Å². The van der Waals surface area contributed by atoms with Gasteiger partial charge in [-0.2, -0.15) is 0 Å². The molecular weight excluding hydrogens is 170 g/mol. The Hall–Kier alpha value is 0.250. The Balaban J connectivity index is 2.34. The van der Waals surface area contributed by atoms with Crippen LogP contribution in [0.2, 0.25) is 0 Å². The zero-order valence-electron chi connectivity index (χ0n) is 8.39. The van der Waals surface area contributed by atoms with Gasteiger partial charge in [-0.3, -0.25) is 0 Å². The molecule has 0 aromatic heterocycles. The molecule has 72 valence electrons. The highest BCUT2D eigenvalue weighted by Gasteiger charge is 2.23. The van der Waals surface area contributed by atoms with Gasteiger partial charge >= 0.3 is 0 Å². The predicted octanol–water partition coefficient (Wildman–Crippen LogP) is 2.88. The minimum absolute atomic E-state index is 0.446. The predicted molar refractivity (Wildman–Crippen MR) is 54.8 cm³/mol. The van der Waals surface area contributed by atoms with Crippen LogP contribution in [-0.2, 0) is 0 Å². The molecule has 1 aliphatic rings. The second-order valence-electron chi connectivity index (χ2n) is 4.17. The third kappa shape index (κ3) is 2.63. The molecule has 0 radical (unpaired) electrons. The van der Waals surface area contributed by atoms with Crippen molar-refractivity contribution in [3.63, 3.8) is 0 Å². The Morgan fingerprint density at radius 2 is 1.67 bits per heavy atom. The molecule has 0 saturated heterocycles. The van der Waals surface area contributed by atoms with Gasteiger partial charge in [0.25, 0.3) is 0 Å². The number of nitrogens with zero attached hydrogens (tertiary/aromatic N) is 1. The Kier molecular flexibility index (Phi) is 3.85. The van der Waals surface area contributed by atoms with E-state index in [1.165, 1.54) is 25.7 Å². The van der Waals surface area contributed by atoms with Crippen LogP contribution < -0.4 is 0 Å². The third-order valence-electron chi connectivity index (χ3n) is 3.02. The van der Waals surface area contributed by atoms with E-state index in [0.717, 1.165) is 6.04 Å². The topological polar surface area (TPSA) is 3.24 Å². The Morgan fingerprint density at radius 1 is 1.17 bits per heavy atom. The fraction of sp³-hybridized carbons (Fsp3) is 1.00. The van der Waals surface area contributed by atoms with Crippen molar-refractivity contribution < 1.29 is 0 Å². The molecule has 0 aromatic carbocycles. The van der Waals surface area contributed by atoms with Crippen LogP contribution in [0.25, 0.3) is 0 Å². The summed E-state index contributed by atoms with van der Waals surface area (Å²) >= 11 is 6.05. The highest BCUT2D eigenvalue weighted by molar-refractivity contribution is 6.20. The van der Waals surface area contributed by atoms with Crippen LogP contribution in [0.3, 0.4) is 0 Å². The molecule has 0 aliphatic heterocycles. The summed E-state index contributed by atoms with van der Waals surface area (Å²) in [5.41, 5.74) is 0. The van der Waals surface area contributed by atoms with Gasteiger partial charge in [-0.25, -0.2) is 0 Å². The van der Waals surface area contributed by atoms with Gasteiger partial charge in [0, 0.05) is 17.5 Å². The number of hydrogen-bond donors (Lipinski definition) is 0. The van der Waals surface area contributed by atoms with Crippen molar-refractivity contribution in [2.45, 2.75) is 57.0 Å². The van der Waals surface area contributed by atoms with Gasteiger partial charge in [0.2, 0.25) is 0 Å². The van der Waals surface area contributed by atoms with E-state index < -0.39 is 0 Å². The summed E-state index contributed by atoms with van der Waals surface area (Å²) in [5.74, 6) is 0. The number of rotatable bonds is 2. The van der Waals surface area contributed by atoms with E-state index in [-0.39, 0.29) is 0 Å². The lowest BCUT2D eigenvalue weighted by Gasteiger charge is -2.35. The van der Waals surface area contributed by atoms with E-state index >= 15 is 0 Å². The first kappa shape index (κ1) is 10.3. The van der Waals surface area contributed by atoms with Crippen molar-refractivity contribution >= 4 is 11.6 Å². The SMILES string of the molecule is CC(C)N(C)C1CCC(Cl)CC1. The second kappa shape index (κ2) is 4.48. The number of halogens is 1. The molecule has 2 heteroatoms. The molecule has 1 nitrogen and oxygen atoms in total. The van der Waals surface area contributed by atoms with E-state index in [9.17, 15) is 0 Å². The normalized spacial score (nSPS) is 31.5. The number of hydrogen-bond acceptors (Lipinski definition) is 1. The maximum Gasteiger partial charge on any atom is 0.0337 e.